The molecule has 0 aromatic heterocycles. The van der Waals surface area contributed by atoms with Gasteiger partial charge in [-0.2, -0.15) is 0 Å². The largest absolute Gasteiger partial charge is 0.376 e. The zero-order chi connectivity index (χ0) is 8.97. The first-order valence-corrected chi connectivity index (χ1v) is 5.10. The van der Waals surface area contributed by atoms with Crippen LogP contribution in [0.4, 0.5) is 0 Å². The normalized spacial score (nSPS) is 25.7. The standard InChI is InChI=1S/C9H17NOS/c1-2-8-5-3-4-6-10(7-11)9(8)12/h8,11H,2-7H2,1H3. The second-order valence-electron chi connectivity index (χ2n) is 3.34. The summed E-state index contributed by atoms with van der Waals surface area (Å²) in [6.07, 6.45) is 4.72. The van der Waals surface area contributed by atoms with Crippen molar-refractivity contribution < 1.29 is 5.11 Å². The Hall–Kier alpha value is -0.150. The van der Waals surface area contributed by atoms with Gasteiger partial charge in [0.15, 0.2) is 0 Å². The molecule has 0 amide bonds. The molecule has 1 heterocycles. The molecule has 0 spiro atoms. The second-order valence-corrected chi connectivity index (χ2v) is 3.76. The van der Waals surface area contributed by atoms with Gasteiger partial charge in [-0.05, 0) is 19.3 Å². The Balaban J connectivity index is 2.59. The van der Waals surface area contributed by atoms with E-state index in [-0.39, 0.29) is 6.73 Å². The lowest BCUT2D eigenvalue weighted by Crippen LogP contribution is -2.34. The molecule has 0 aromatic carbocycles. The third-order valence-corrected chi connectivity index (χ3v) is 3.15. The van der Waals surface area contributed by atoms with Crippen LogP contribution in [0, 0.1) is 5.92 Å². The lowest BCUT2D eigenvalue weighted by atomic mass is 10.0. The first-order chi connectivity index (χ1) is 5.79. The minimum atomic E-state index is 0.0926. The van der Waals surface area contributed by atoms with Gasteiger partial charge in [0.2, 0.25) is 0 Å². The number of nitrogens with zero attached hydrogens (tertiary/aromatic N) is 1. The highest BCUT2D eigenvalue weighted by Crippen LogP contribution is 2.21. The van der Waals surface area contributed by atoms with E-state index in [1.54, 1.807) is 0 Å². The number of aliphatic hydroxyl groups is 1. The van der Waals surface area contributed by atoms with E-state index in [9.17, 15) is 0 Å². The van der Waals surface area contributed by atoms with Crippen molar-refractivity contribution in [3.63, 3.8) is 0 Å². The number of aliphatic hydroxyl groups excluding tert-OH is 1. The summed E-state index contributed by atoms with van der Waals surface area (Å²) in [5.41, 5.74) is 0. The van der Waals surface area contributed by atoms with Crippen LogP contribution in [0.15, 0.2) is 0 Å². The molecular weight excluding hydrogens is 170 g/mol. The third kappa shape index (κ3) is 2.17. The van der Waals surface area contributed by atoms with E-state index in [1.807, 2.05) is 4.90 Å². The molecule has 0 aliphatic carbocycles. The molecule has 70 valence electrons. The van der Waals surface area contributed by atoms with Gasteiger partial charge in [-0.25, -0.2) is 0 Å². The zero-order valence-corrected chi connectivity index (χ0v) is 8.44. The molecule has 1 saturated heterocycles. The molecule has 1 aliphatic heterocycles. The Labute approximate surface area is 79.6 Å². The van der Waals surface area contributed by atoms with E-state index in [4.69, 9.17) is 17.3 Å². The molecule has 0 bridgehead atoms. The molecule has 12 heavy (non-hydrogen) atoms. The van der Waals surface area contributed by atoms with Gasteiger partial charge < -0.3 is 10.0 Å². The highest BCUT2D eigenvalue weighted by Gasteiger charge is 2.20. The van der Waals surface area contributed by atoms with Gasteiger partial charge in [-0.15, -0.1) is 0 Å². The van der Waals surface area contributed by atoms with E-state index in [1.165, 1.54) is 12.8 Å². The first kappa shape index (κ1) is 9.93. The molecule has 3 heteroatoms. The van der Waals surface area contributed by atoms with Crippen LogP contribution in [0.25, 0.3) is 0 Å². The van der Waals surface area contributed by atoms with Crippen molar-refractivity contribution in [2.24, 2.45) is 5.92 Å². The Morgan fingerprint density at radius 1 is 1.58 bits per heavy atom. The number of thiocarbonyl (C=S) groups is 1. The predicted molar refractivity (Wildman–Crippen MR) is 54.0 cm³/mol. The van der Waals surface area contributed by atoms with Crippen molar-refractivity contribution in [3.05, 3.63) is 0 Å². The van der Waals surface area contributed by atoms with Crippen LogP contribution < -0.4 is 0 Å². The summed E-state index contributed by atoms with van der Waals surface area (Å²) >= 11 is 5.30. The van der Waals surface area contributed by atoms with Crippen LogP contribution in [0.2, 0.25) is 0 Å². The lowest BCUT2D eigenvalue weighted by molar-refractivity contribution is 0.170. The Kier molecular flexibility index (Phi) is 3.95. The third-order valence-electron chi connectivity index (χ3n) is 2.56. The molecule has 2 nitrogen and oxygen atoms in total. The summed E-state index contributed by atoms with van der Waals surface area (Å²) < 4.78 is 0. The van der Waals surface area contributed by atoms with Gasteiger partial charge in [-0.3, -0.25) is 0 Å². The van der Waals surface area contributed by atoms with Gasteiger partial charge in [0, 0.05) is 12.5 Å². The molecule has 0 radical (unpaired) electrons. The fraction of sp³-hybridized carbons (Fsp3) is 0.889. The summed E-state index contributed by atoms with van der Waals surface area (Å²) in [5, 5.41) is 9.04. The predicted octanol–water partition coefficient (Wildman–Crippen LogP) is 1.78. The Morgan fingerprint density at radius 2 is 2.33 bits per heavy atom. The highest BCUT2D eigenvalue weighted by atomic mass is 32.1. The highest BCUT2D eigenvalue weighted by molar-refractivity contribution is 7.80. The van der Waals surface area contributed by atoms with Crippen LogP contribution >= 0.6 is 12.2 Å². The van der Waals surface area contributed by atoms with Crippen molar-refractivity contribution >= 4 is 17.2 Å². The number of hydrogen-bond acceptors (Lipinski definition) is 2. The fourth-order valence-electron chi connectivity index (χ4n) is 1.70. The van der Waals surface area contributed by atoms with E-state index in [2.05, 4.69) is 6.92 Å². The number of rotatable bonds is 2. The molecule has 1 N–H and O–H groups in total. The average molecular weight is 187 g/mol. The lowest BCUT2D eigenvalue weighted by Gasteiger charge is -2.24. The summed E-state index contributed by atoms with van der Waals surface area (Å²) in [6.45, 7) is 3.19. The van der Waals surface area contributed by atoms with Crippen molar-refractivity contribution in [2.75, 3.05) is 13.3 Å². The minimum Gasteiger partial charge on any atom is -0.376 e. The van der Waals surface area contributed by atoms with Gasteiger partial charge in [0.25, 0.3) is 0 Å². The molecule has 1 fully saturated rings. The maximum absolute atomic E-state index is 9.04. The maximum atomic E-state index is 9.04. The maximum Gasteiger partial charge on any atom is 0.116 e. The van der Waals surface area contributed by atoms with Crippen molar-refractivity contribution in [1.82, 2.24) is 4.90 Å². The Bertz CT molecular complexity index is 145. The summed E-state index contributed by atoms with van der Waals surface area (Å²) in [7, 11) is 0. The zero-order valence-electron chi connectivity index (χ0n) is 7.62. The SMILES string of the molecule is CCC1CCCCN(CO)C1=S. The van der Waals surface area contributed by atoms with Crippen molar-refractivity contribution in [2.45, 2.75) is 32.6 Å². The molecule has 1 atom stereocenters. The van der Waals surface area contributed by atoms with Gasteiger partial charge in [0.1, 0.15) is 6.73 Å². The summed E-state index contributed by atoms with van der Waals surface area (Å²) in [5.74, 6) is 0.523. The fourth-order valence-corrected chi connectivity index (χ4v) is 2.14. The van der Waals surface area contributed by atoms with Crippen molar-refractivity contribution in [3.8, 4) is 0 Å². The van der Waals surface area contributed by atoms with Crippen LogP contribution in [0.3, 0.4) is 0 Å². The van der Waals surface area contributed by atoms with Crippen molar-refractivity contribution in [1.29, 1.82) is 0 Å². The van der Waals surface area contributed by atoms with E-state index < -0.39 is 0 Å². The monoisotopic (exact) mass is 187 g/mol. The summed E-state index contributed by atoms with van der Waals surface area (Å²) in [6, 6.07) is 0. The molecule has 1 unspecified atom stereocenters. The number of hydrogen-bond donors (Lipinski definition) is 1. The minimum absolute atomic E-state index is 0.0926. The smallest absolute Gasteiger partial charge is 0.116 e. The molecular formula is C9H17NOS. The van der Waals surface area contributed by atoms with E-state index >= 15 is 0 Å². The van der Waals surface area contributed by atoms with Crippen LogP contribution in [-0.2, 0) is 0 Å². The van der Waals surface area contributed by atoms with Crippen LogP contribution in [0.1, 0.15) is 32.6 Å². The molecule has 0 saturated carbocycles. The quantitative estimate of drug-likeness (QED) is 0.667. The van der Waals surface area contributed by atoms with Gasteiger partial charge in [-0.1, -0.05) is 25.6 Å². The van der Waals surface area contributed by atoms with Gasteiger partial charge in [0.05, 0.1) is 4.99 Å². The van der Waals surface area contributed by atoms with Gasteiger partial charge >= 0.3 is 0 Å². The second kappa shape index (κ2) is 4.77. The molecule has 0 aromatic rings. The summed E-state index contributed by atoms with van der Waals surface area (Å²) in [4.78, 5) is 2.90. The molecule has 1 aliphatic rings. The average Bonchev–Trinajstić information content (AvgIpc) is 2.27. The molecule has 1 rings (SSSR count). The first-order valence-electron chi connectivity index (χ1n) is 4.69. The van der Waals surface area contributed by atoms with E-state index in [0.29, 0.717) is 5.92 Å². The van der Waals surface area contributed by atoms with E-state index in [0.717, 1.165) is 24.4 Å². The number of likely N-dealkylation sites (tertiary alicyclic amines) is 1. The Morgan fingerprint density at radius 3 is 2.92 bits per heavy atom. The van der Waals surface area contributed by atoms with Crippen LogP contribution in [-0.4, -0.2) is 28.3 Å². The topological polar surface area (TPSA) is 23.5 Å². The van der Waals surface area contributed by atoms with Crippen LogP contribution in [0.5, 0.6) is 0 Å².